The van der Waals surface area contributed by atoms with E-state index >= 15 is 0 Å². The number of carbonyl (C=O) groups excluding carboxylic acids is 1. The summed E-state index contributed by atoms with van der Waals surface area (Å²) in [5.74, 6) is -2.41. The Morgan fingerprint density at radius 1 is 0.742 bits per heavy atom. The molecular formula is C43H48FNO16S. The predicted octanol–water partition coefficient (Wildman–Crippen LogP) is 0.791. The van der Waals surface area contributed by atoms with Crippen LogP contribution in [0, 0.1) is 11.7 Å². The molecule has 0 aliphatic carbocycles. The fourth-order valence-corrected chi connectivity index (χ4v) is 9.26. The second kappa shape index (κ2) is 19.0. The number of aromatic hydroxyl groups is 1. The van der Waals surface area contributed by atoms with E-state index in [1.807, 2.05) is 6.07 Å². The topological polar surface area (TPSA) is 273 Å². The van der Waals surface area contributed by atoms with Crippen molar-refractivity contribution in [2.24, 2.45) is 5.92 Å². The van der Waals surface area contributed by atoms with E-state index in [0.717, 1.165) is 0 Å². The summed E-state index contributed by atoms with van der Waals surface area (Å²) in [6.07, 6.45) is -17.5. The Bertz CT molecular complexity index is 2250. The molecule has 3 saturated heterocycles. The van der Waals surface area contributed by atoms with Crippen molar-refractivity contribution in [1.82, 2.24) is 0 Å². The van der Waals surface area contributed by atoms with E-state index in [4.69, 9.17) is 18.4 Å². The standard InChI is InChI=1S/C43H48FNO16S/c44-25-11-6-23(7-12-25)30(48)17-16-29-35(45(42(29)55)26-4-2-1-3-5-26)28-15-10-24(18-31(28)49)22-8-13-27(14-9-22)61-62(56,57)21-34-37(51)39(53)41(33(20-47)58-34)60-43-40(54)38(52)36(50)32(19-46)59-43/h1-15,18,29-30,32-41,43,46-54H,16-17,19-21H2/t29-,30+,32-,33-,34?,35-,36-,37+,38+,39-,40-,41?,43?/m1/s1. The summed E-state index contributed by atoms with van der Waals surface area (Å²) in [6, 6.07) is 24.6. The summed E-state index contributed by atoms with van der Waals surface area (Å²) in [6.45, 7) is -1.62. The number of phenols is 1. The van der Waals surface area contributed by atoms with Crippen LogP contribution in [0.3, 0.4) is 0 Å². The zero-order valence-electron chi connectivity index (χ0n) is 32.9. The molecule has 0 spiro atoms. The van der Waals surface area contributed by atoms with E-state index < -0.39 is 114 Å². The van der Waals surface area contributed by atoms with Crippen LogP contribution in [0.2, 0.25) is 0 Å². The van der Waals surface area contributed by atoms with Gasteiger partial charge in [0.15, 0.2) is 6.29 Å². The van der Waals surface area contributed by atoms with E-state index in [-0.39, 0.29) is 30.2 Å². The molecule has 3 aliphatic heterocycles. The zero-order chi connectivity index (χ0) is 44.5. The number of aliphatic hydroxyl groups is 8. The van der Waals surface area contributed by atoms with Crippen molar-refractivity contribution >= 4 is 21.7 Å². The van der Waals surface area contributed by atoms with E-state index in [2.05, 4.69) is 0 Å². The number of benzene rings is 4. The minimum absolute atomic E-state index is 0.108. The quantitative estimate of drug-likeness (QED) is 0.0590. The van der Waals surface area contributed by atoms with Gasteiger partial charge in [-0.05, 0) is 72.0 Å². The molecule has 0 saturated carbocycles. The summed E-state index contributed by atoms with van der Waals surface area (Å²) in [5, 5.41) is 93.9. The Balaban J connectivity index is 1.00. The third-order valence-corrected chi connectivity index (χ3v) is 12.7. The van der Waals surface area contributed by atoms with Crippen LogP contribution < -0.4 is 9.08 Å². The number of nitrogens with zero attached hydrogens (tertiary/aromatic N) is 1. The molecule has 3 fully saturated rings. The highest BCUT2D eigenvalue weighted by atomic mass is 32.2. The molecule has 19 heteroatoms. The Morgan fingerprint density at radius 3 is 2.03 bits per heavy atom. The maximum absolute atomic E-state index is 13.5. The molecule has 1 amide bonds. The molecule has 0 bridgehead atoms. The fourth-order valence-electron chi connectivity index (χ4n) is 8.11. The number of para-hydroxylation sites is 1. The van der Waals surface area contributed by atoms with E-state index in [9.17, 15) is 63.6 Å². The van der Waals surface area contributed by atoms with Crippen LogP contribution in [0.1, 0.15) is 36.1 Å². The molecule has 334 valence electrons. The number of aliphatic hydroxyl groups excluding tert-OH is 8. The van der Waals surface area contributed by atoms with Gasteiger partial charge >= 0.3 is 10.1 Å². The van der Waals surface area contributed by atoms with Crippen molar-refractivity contribution in [2.75, 3.05) is 23.9 Å². The van der Waals surface area contributed by atoms with Gasteiger partial charge in [-0.1, -0.05) is 54.6 Å². The van der Waals surface area contributed by atoms with Crippen LogP contribution in [-0.2, 0) is 29.1 Å². The number of ether oxygens (including phenoxy) is 3. The van der Waals surface area contributed by atoms with Gasteiger partial charge in [-0.3, -0.25) is 4.79 Å². The Hall–Kier alpha value is -4.61. The highest BCUT2D eigenvalue weighted by Gasteiger charge is 2.52. The molecule has 3 heterocycles. The average molecular weight is 886 g/mol. The number of rotatable bonds is 15. The normalized spacial score (nSPS) is 30.7. The largest absolute Gasteiger partial charge is 0.508 e. The minimum Gasteiger partial charge on any atom is -0.508 e. The molecule has 9 N–H and O–H groups in total. The number of carbonyl (C=O) groups is 1. The van der Waals surface area contributed by atoms with Crippen molar-refractivity contribution in [1.29, 1.82) is 0 Å². The van der Waals surface area contributed by atoms with Crippen LogP contribution in [0.25, 0.3) is 11.1 Å². The van der Waals surface area contributed by atoms with E-state index in [0.29, 0.717) is 27.9 Å². The van der Waals surface area contributed by atoms with Gasteiger partial charge in [0.25, 0.3) is 0 Å². The van der Waals surface area contributed by atoms with Crippen molar-refractivity contribution in [3.8, 4) is 22.6 Å². The van der Waals surface area contributed by atoms with Gasteiger partial charge in [0.2, 0.25) is 5.91 Å². The molecule has 3 aliphatic rings. The van der Waals surface area contributed by atoms with Crippen LogP contribution in [-0.4, -0.2) is 140 Å². The summed E-state index contributed by atoms with van der Waals surface area (Å²) in [7, 11) is -4.54. The first kappa shape index (κ1) is 45.4. The zero-order valence-corrected chi connectivity index (χ0v) is 33.7. The number of phenolic OH excluding ortho intramolecular Hbond substituents is 1. The van der Waals surface area contributed by atoms with Gasteiger partial charge in [-0.2, -0.15) is 8.42 Å². The lowest BCUT2D eigenvalue weighted by Crippen LogP contribution is -2.65. The molecule has 4 aromatic carbocycles. The third-order valence-electron chi connectivity index (χ3n) is 11.5. The van der Waals surface area contributed by atoms with Crippen LogP contribution in [0.5, 0.6) is 11.5 Å². The lowest BCUT2D eigenvalue weighted by Gasteiger charge is -2.48. The number of hydrogen-bond donors (Lipinski definition) is 9. The molecule has 3 unspecified atom stereocenters. The molecule has 17 nitrogen and oxygen atoms in total. The van der Waals surface area contributed by atoms with Crippen LogP contribution in [0.15, 0.2) is 97.1 Å². The number of amides is 1. The van der Waals surface area contributed by atoms with Crippen molar-refractivity contribution in [3.63, 3.8) is 0 Å². The highest BCUT2D eigenvalue weighted by molar-refractivity contribution is 7.87. The summed E-state index contributed by atoms with van der Waals surface area (Å²) in [5.41, 5.74) is 2.72. The smallest absolute Gasteiger partial charge is 0.311 e. The first-order valence-electron chi connectivity index (χ1n) is 19.9. The van der Waals surface area contributed by atoms with Crippen molar-refractivity contribution < 1.29 is 82.0 Å². The maximum atomic E-state index is 13.5. The lowest BCUT2D eigenvalue weighted by atomic mass is 9.77. The molecule has 0 aromatic heterocycles. The van der Waals surface area contributed by atoms with Gasteiger partial charge in [-0.25, -0.2) is 4.39 Å². The number of β-lactam (4-membered cyclic amide) rings is 1. The highest BCUT2D eigenvalue weighted by Crippen LogP contribution is 2.49. The molecule has 62 heavy (non-hydrogen) atoms. The monoisotopic (exact) mass is 885 g/mol. The van der Waals surface area contributed by atoms with Gasteiger partial charge in [0.05, 0.1) is 31.3 Å². The Morgan fingerprint density at radius 2 is 1.39 bits per heavy atom. The average Bonchev–Trinajstić information content (AvgIpc) is 3.26. The molecule has 0 radical (unpaired) electrons. The predicted molar refractivity (Wildman–Crippen MR) is 215 cm³/mol. The summed E-state index contributed by atoms with van der Waals surface area (Å²) < 4.78 is 61.4. The van der Waals surface area contributed by atoms with Crippen molar-refractivity contribution in [2.45, 2.75) is 86.2 Å². The molecule has 7 rings (SSSR count). The van der Waals surface area contributed by atoms with Gasteiger partial charge in [0, 0.05) is 11.3 Å². The first-order valence-corrected chi connectivity index (χ1v) is 21.4. The third kappa shape index (κ3) is 9.49. The number of hydrogen-bond acceptors (Lipinski definition) is 16. The first-order chi connectivity index (χ1) is 29.6. The minimum atomic E-state index is -4.54. The SMILES string of the molecule is O=C1[C@H](CC[C@H](O)c2ccc(F)cc2)[C@@H](c2ccc(-c3ccc(OS(=O)(=O)CC4O[C@H](CO)C(OC5O[C@H](CO)[C@@H](O)[C@H](O)[C@H]5O)[C@H](O)[C@H]4O)cc3)cc2O)N1c1ccccc1. The van der Waals surface area contributed by atoms with Gasteiger partial charge < -0.3 is 69.3 Å². The van der Waals surface area contributed by atoms with Crippen LogP contribution in [0.4, 0.5) is 10.1 Å². The summed E-state index contributed by atoms with van der Waals surface area (Å²) in [4.78, 5) is 15.1. The van der Waals surface area contributed by atoms with E-state index in [1.54, 1.807) is 53.4 Å². The van der Waals surface area contributed by atoms with E-state index in [1.165, 1.54) is 42.5 Å². The molecule has 4 aromatic rings. The second-order valence-corrected chi connectivity index (χ2v) is 17.1. The van der Waals surface area contributed by atoms with Gasteiger partial charge in [0.1, 0.15) is 78.0 Å². The number of halogens is 1. The molecular weight excluding hydrogens is 838 g/mol. The maximum Gasteiger partial charge on any atom is 0.311 e. The van der Waals surface area contributed by atoms with Gasteiger partial charge in [-0.15, -0.1) is 0 Å². The molecule has 13 atom stereocenters. The second-order valence-electron chi connectivity index (χ2n) is 15.5. The van der Waals surface area contributed by atoms with Crippen molar-refractivity contribution in [3.05, 3.63) is 114 Å². The summed E-state index contributed by atoms with van der Waals surface area (Å²) >= 11 is 0. The fraction of sp³-hybridized carbons (Fsp3) is 0.419. The lowest BCUT2D eigenvalue weighted by molar-refractivity contribution is -0.341. The van der Waals surface area contributed by atoms with Crippen LogP contribution >= 0.6 is 0 Å². The Labute approximate surface area is 355 Å². The Kier molecular flexibility index (Phi) is 13.9. The number of anilines is 1.